The van der Waals surface area contributed by atoms with E-state index in [-0.39, 0.29) is 0 Å². The van der Waals surface area contributed by atoms with E-state index in [0.29, 0.717) is 0 Å². The highest BCUT2D eigenvalue weighted by atomic mass is 32.1. The molecule has 11 aromatic carbocycles. The van der Waals surface area contributed by atoms with Gasteiger partial charge in [0.2, 0.25) is 0 Å². The molecule has 0 atom stereocenters. The number of hydrogen-bond donors (Lipinski definition) is 0. The van der Waals surface area contributed by atoms with E-state index in [0.717, 1.165) is 50.1 Å². The van der Waals surface area contributed by atoms with Gasteiger partial charge in [0.15, 0.2) is 0 Å². The van der Waals surface area contributed by atoms with Crippen molar-refractivity contribution >= 4 is 81.3 Å². The summed E-state index contributed by atoms with van der Waals surface area (Å²) in [7, 11) is 0. The molecule has 0 saturated carbocycles. The Kier molecular flexibility index (Phi) is 9.40. The Hall–Kier alpha value is -8.50. The van der Waals surface area contributed by atoms with Crippen LogP contribution in [0.1, 0.15) is 0 Å². The molecule has 13 rings (SSSR count). The Morgan fingerprint density at radius 3 is 1.48 bits per heavy atom. The van der Waals surface area contributed by atoms with Gasteiger partial charge in [-0.2, -0.15) is 0 Å². The van der Waals surface area contributed by atoms with Gasteiger partial charge < -0.3 is 9.32 Å². The molecule has 0 amide bonds. The number of hydrogen-bond acceptors (Lipinski definition) is 3. The van der Waals surface area contributed by atoms with Crippen molar-refractivity contribution in [1.29, 1.82) is 0 Å². The largest absolute Gasteiger partial charge is 0.456 e. The van der Waals surface area contributed by atoms with Crippen molar-refractivity contribution in [2.24, 2.45) is 0 Å². The molecule has 0 bridgehead atoms. The van der Waals surface area contributed by atoms with Gasteiger partial charge in [-0.1, -0.05) is 176 Å². The predicted molar refractivity (Wildman–Crippen MR) is 286 cm³/mol. The number of rotatable bonds is 8. The lowest BCUT2D eigenvalue weighted by Gasteiger charge is -2.26. The molecule has 67 heavy (non-hydrogen) atoms. The lowest BCUT2D eigenvalue weighted by atomic mass is 9.96. The molecule has 13 aromatic rings. The molecular formula is C64H41NOS. The zero-order valence-corrected chi connectivity index (χ0v) is 37.3. The molecule has 0 aliphatic heterocycles. The fourth-order valence-electron chi connectivity index (χ4n) is 9.83. The first kappa shape index (κ1) is 38.9. The van der Waals surface area contributed by atoms with Crippen LogP contribution in [0.2, 0.25) is 0 Å². The van der Waals surface area contributed by atoms with E-state index >= 15 is 0 Å². The molecule has 0 spiro atoms. The van der Waals surface area contributed by atoms with Crippen LogP contribution in [0.4, 0.5) is 17.1 Å². The maximum Gasteiger partial charge on any atom is 0.136 e. The Balaban J connectivity index is 0.824. The quantitative estimate of drug-likeness (QED) is 0.151. The van der Waals surface area contributed by atoms with E-state index in [2.05, 4.69) is 241 Å². The number of thiophene rings is 1. The highest BCUT2D eigenvalue weighted by Crippen LogP contribution is 2.43. The summed E-state index contributed by atoms with van der Waals surface area (Å²) in [6, 6.07) is 90.1. The zero-order chi connectivity index (χ0) is 44.3. The molecule has 314 valence electrons. The monoisotopic (exact) mass is 871 g/mol. The number of fused-ring (bicyclic) bond motifs is 7. The van der Waals surface area contributed by atoms with E-state index < -0.39 is 0 Å². The molecular weight excluding hydrogens is 831 g/mol. The Morgan fingerprint density at radius 1 is 0.284 bits per heavy atom. The Labute approximate surface area is 392 Å². The van der Waals surface area contributed by atoms with Crippen LogP contribution >= 0.6 is 11.3 Å². The van der Waals surface area contributed by atoms with Crippen LogP contribution in [-0.4, -0.2) is 0 Å². The number of anilines is 3. The average Bonchev–Trinajstić information content (AvgIpc) is 3.98. The van der Waals surface area contributed by atoms with Gasteiger partial charge in [-0.15, -0.1) is 11.3 Å². The first-order chi connectivity index (χ1) is 33.2. The van der Waals surface area contributed by atoms with Crippen LogP contribution in [0.3, 0.4) is 0 Å². The van der Waals surface area contributed by atoms with E-state index in [9.17, 15) is 0 Å². The standard InChI is InChI=1S/C64H41NOS/c1-2-10-48-40-51(24-23-42(48)9-1)50-12-7-11-49(39-50)45-21-19-43(20-22-45)44-25-32-53(33-26-44)65(54-34-27-46(28-35-54)52-31-38-58-57-13-3-5-17-61(57)66-62(58)41-52)55-36-29-47(30-37-55)56-15-8-16-60-59-14-4-6-18-63(59)67-64(56)60/h1-41H. The number of para-hydroxylation sites is 1. The highest BCUT2D eigenvalue weighted by molar-refractivity contribution is 7.26. The molecule has 0 aliphatic carbocycles. The van der Waals surface area contributed by atoms with E-state index in [1.54, 1.807) is 0 Å². The van der Waals surface area contributed by atoms with Crippen molar-refractivity contribution in [1.82, 2.24) is 0 Å². The maximum absolute atomic E-state index is 6.26. The number of nitrogens with zero attached hydrogens (tertiary/aromatic N) is 1. The number of benzene rings is 11. The van der Waals surface area contributed by atoms with Crippen molar-refractivity contribution in [3.8, 4) is 55.6 Å². The van der Waals surface area contributed by atoms with Crippen LogP contribution in [0.25, 0.3) is 109 Å². The summed E-state index contributed by atoms with van der Waals surface area (Å²) in [4.78, 5) is 2.35. The van der Waals surface area contributed by atoms with Gasteiger partial charge in [0.05, 0.1) is 0 Å². The first-order valence-corrected chi connectivity index (χ1v) is 23.6. The molecule has 0 fully saturated rings. The molecule has 0 aliphatic rings. The predicted octanol–water partition coefficient (Wildman–Crippen LogP) is 18.9. The smallest absolute Gasteiger partial charge is 0.136 e. The average molecular weight is 872 g/mol. The lowest BCUT2D eigenvalue weighted by Crippen LogP contribution is -2.09. The fraction of sp³-hybridized carbons (Fsp3) is 0. The van der Waals surface area contributed by atoms with Crippen LogP contribution in [0.15, 0.2) is 253 Å². The molecule has 0 N–H and O–H groups in total. The third-order valence-corrected chi connectivity index (χ3v) is 14.5. The summed E-state index contributed by atoms with van der Waals surface area (Å²) in [6.07, 6.45) is 0. The van der Waals surface area contributed by atoms with Gasteiger partial charge in [0, 0.05) is 48.0 Å². The van der Waals surface area contributed by atoms with E-state index in [1.165, 1.54) is 75.5 Å². The molecule has 0 saturated heterocycles. The maximum atomic E-state index is 6.26. The summed E-state index contributed by atoms with van der Waals surface area (Å²) in [6.45, 7) is 0. The van der Waals surface area contributed by atoms with E-state index in [1.807, 2.05) is 23.5 Å². The Morgan fingerprint density at radius 2 is 0.761 bits per heavy atom. The van der Waals surface area contributed by atoms with Gasteiger partial charge in [-0.3, -0.25) is 0 Å². The third-order valence-electron chi connectivity index (χ3n) is 13.3. The first-order valence-electron chi connectivity index (χ1n) is 22.8. The summed E-state index contributed by atoms with van der Waals surface area (Å²) in [5.74, 6) is 0. The van der Waals surface area contributed by atoms with Crippen molar-refractivity contribution < 1.29 is 4.42 Å². The van der Waals surface area contributed by atoms with Crippen molar-refractivity contribution in [2.45, 2.75) is 0 Å². The summed E-state index contributed by atoms with van der Waals surface area (Å²) in [5.41, 5.74) is 17.0. The number of furan rings is 1. The van der Waals surface area contributed by atoms with Crippen molar-refractivity contribution in [3.05, 3.63) is 249 Å². The van der Waals surface area contributed by atoms with E-state index in [4.69, 9.17) is 4.42 Å². The second kappa shape index (κ2) is 16.2. The minimum atomic E-state index is 0.900. The van der Waals surface area contributed by atoms with Gasteiger partial charge in [0.1, 0.15) is 11.2 Å². The molecule has 2 aromatic heterocycles. The summed E-state index contributed by atoms with van der Waals surface area (Å²) >= 11 is 1.87. The topological polar surface area (TPSA) is 16.4 Å². The van der Waals surface area contributed by atoms with Gasteiger partial charge in [0.25, 0.3) is 0 Å². The Bertz CT molecular complexity index is 3950. The second-order valence-corrected chi connectivity index (χ2v) is 18.3. The van der Waals surface area contributed by atoms with Gasteiger partial charge in [-0.05, 0) is 139 Å². The zero-order valence-electron chi connectivity index (χ0n) is 36.4. The lowest BCUT2D eigenvalue weighted by molar-refractivity contribution is 0.669. The van der Waals surface area contributed by atoms with Crippen molar-refractivity contribution in [2.75, 3.05) is 4.90 Å². The molecule has 0 unspecified atom stereocenters. The normalized spacial score (nSPS) is 11.6. The van der Waals surface area contributed by atoms with Gasteiger partial charge >= 0.3 is 0 Å². The van der Waals surface area contributed by atoms with Crippen LogP contribution < -0.4 is 4.90 Å². The third kappa shape index (κ3) is 7.05. The molecule has 2 heterocycles. The summed E-state index contributed by atoms with van der Waals surface area (Å²) < 4.78 is 8.90. The minimum absolute atomic E-state index is 0.900. The summed E-state index contributed by atoms with van der Waals surface area (Å²) in [5, 5.41) is 7.41. The van der Waals surface area contributed by atoms with Crippen LogP contribution in [0.5, 0.6) is 0 Å². The van der Waals surface area contributed by atoms with Crippen LogP contribution in [0, 0.1) is 0 Å². The van der Waals surface area contributed by atoms with Gasteiger partial charge in [-0.25, -0.2) is 0 Å². The fourth-order valence-corrected chi connectivity index (χ4v) is 11.1. The van der Waals surface area contributed by atoms with Crippen molar-refractivity contribution in [3.63, 3.8) is 0 Å². The molecule has 3 heteroatoms. The molecule has 0 radical (unpaired) electrons. The minimum Gasteiger partial charge on any atom is -0.456 e. The second-order valence-electron chi connectivity index (χ2n) is 17.3. The SMILES string of the molecule is c1cc(-c2ccc(-c3ccc(N(c4ccc(-c5ccc6c(c5)oc5ccccc56)cc4)c4ccc(-c5cccc6c5sc5ccccc56)cc4)cc3)cc2)cc(-c2ccc3ccccc3c2)c1. The molecule has 2 nitrogen and oxygen atoms in total. The van der Waals surface area contributed by atoms with Crippen LogP contribution in [-0.2, 0) is 0 Å². The highest BCUT2D eigenvalue weighted by Gasteiger charge is 2.16.